The summed E-state index contributed by atoms with van der Waals surface area (Å²) in [6.07, 6.45) is 0. The highest BCUT2D eigenvalue weighted by molar-refractivity contribution is 7.14. The Balaban J connectivity index is 1.57. The molecule has 0 spiro atoms. The van der Waals surface area contributed by atoms with Gasteiger partial charge in [-0.25, -0.2) is 9.78 Å². The molecule has 0 unspecified atom stereocenters. The number of carboxylic acid groups (broad SMARTS) is 1. The summed E-state index contributed by atoms with van der Waals surface area (Å²) in [6, 6.07) is 16.3. The number of benzene rings is 2. The minimum Gasteiger partial charge on any atom is -0.478 e. The van der Waals surface area contributed by atoms with Crippen LogP contribution in [-0.2, 0) is 0 Å². The van der Waals surface area contributed by atoms with Crippen molar-refractivity contribution in [3.05, 3.63) is 65.5 Å². The van der Waals surface area contributed by atoms with Crippen LogP contribution in [0.3, 0.4) is 0 Å². The molecule has 4 aromatic rings. The molecule has 6 heteroatoms. The number of aromatic carboxylic acids is 1. The standard InChI is InChI=1S/C18H12N2O3S/c21-17(22)11-5-7-13(8-6-11)19-18-20-14(10-24-18)16-9-12-3-1-2-4-15(12)23-16/h1-10H,(H,19,20)(H,21,22). The van der Waals surface area contributed by atoms with Crippen molar-refractivity contribution in [1.29, 1.82) is 0 Å². The number of nitrogens with one attached hydrogen (secondary N) is 1. The molecule has 2 N–H and O–H groups in total. The van der Waals surface area contributed by atoms with Gasteiger partial charge in [0.2, 0.25) is 0 Å². The fourth-order valence-corrected chi connectivity index (χ4v) is 3.09. The first-order valence-corrected chi connectivity index (χ1v) is 8.12. The fourth-order valence-electron chi connectivity index (χ4n) is 2.37. The van der Waals surface area contributed by atoms with E-state index < -0.39 is 5.97 Å². The molecule has 0 amide bonds. The number of carbonyl (C=O) groups is 1. The van der Waals surface area contributed by atoms with Crippen LogP contribution in [0.4, 0.5) is 10.8 Å². The van der Waals surface area contributed by atoms with Crippen LogP contribution in [0.2, 0.25) is 0 Å². The summed E-state index contributed by atoms with van der Waals surface area (Å²) in [7, 11) is 0. The van der Waals surface area contributed by atoms with Crippen LogP contribution in [-0.4, -0.2) is 16.1 Å². The van der Waals surface area contributed by atoms with Gasteiger partial charge in [-0.15, -0.1) is 11.3 Å². The molecule has 0 aliphatic carbocycles. The lowest BCUT2D eigenvalue weighted by Crippen LogP contribution is -1.96. The topological polar surface area (TPSA) is 75.4 Å². The summed E-state index contributed by atoms with van der Waals surface area (Å²) < 4.78 is 5.81. The first-order valence-electron chi connectivity index (χ1n) is 7.24. The van der Waals surface area contributed by atoms with Crippen LogP contribution in [0, 0.1) is 0 Å². The molecule has 0 fully saturated rings. The van der Waals surface area contributed by atoms with Crippen molar-refractivity contribution >= 4 is 39.1 Å². The summed E-state index contributed by atoms with van der Waals surface area (Å²) in [4.78, 5) is 15.4. The lowest BCUT2D eigenvalue weighted by Gasteiger charge is -2.02. The number of aromatic nitrogens is 1. The zero-order valence-electron chi connectivity index (χ0n) is 12.4. The maximum absolute atomic E-state index is 10.9. The van der Waals surface area contributed by atoms with Crippen LogP contribution in [0.25, 0.3) is 22.4 Å². The number of carboxylic acids is 1. The zero-order chi connectivity index (χ0) is 16.5. The monoisotopic (exact) mass is 336 g/mol. The molecule has 0 aliphatic rings. The molecule has 5 nitrogen and oxygen atoms in total. The first kappa shape index (κ1) is 14.5. The van der Waals surface area contributed by atoms with Crippen molar-refractivity contribution in [2.75, 3.05) is 5.32 Å². The Hall–Kier alpha value is -3.12. The van der Waals surface area contributed by atoms with Crippen LogP contribution < -0.4 is 5.32 Å². The molecule has 0 aliphatic heterocycles. The SMILES string of the molecule is O=C(O)c1ccc(Nc2nc(-c3cc4ccccc4o3)cs2)cc1. The van der Waals surface area contributed by atoms with E-state index in [4.69, 9.17) is 9.52 Å². The van der Waals surface area contributed by atoms with E-state index in [1.165, 1.54) is 11.3 Å². The molecular weight excluding hydrogens is 324 g/mol. The van der Waals surface area contributed by atoms with Gasteiger partial charge in [-0.1, -0.05) is 18.2 Å². The van der Waals surface area contributed by atoms with Crippen molar-refractivity contribution in [2.24, 2.45) is 0 Å². The Morgan fingerprint density at radius 3 is 2.67 bits per heavy atom. The summed E-state index contributed by atoms with van der Waals surface area (Å²) >= 11 is 1.46. The van der Waals surface area contributed by atoms with Gasteiger partial charge in [0.15, 0.2) is 10.9 Å². The molecule has 118 valence electrons. The minimum atomic E-state index is -0.942. The molecule has 24 heavy (non-hydrogen) atoms. The molecule has 0 bridgehead atoms. The smallest absolute Gasteiger partial charge is 0.335 e. The second-order valence-corrected chi connectivity index (χ2v) is 6.05. The molecule has 0 saturated carbocycles. The van der Waals surface area contributed by atoms with E-state index in [0.29, 0.717) is 5.13 Å². The number of para-hydroxylation sites is 1. The molecule has 0 radical (unpaired) electrons. The third-order valence-electron chi connectivity index (χ3n) is 3.57. The highest BCUT2D eigenvalue weighted by atomic mass is 32.1. The van der Waals surface area contributed by atoms with E-state index in [-0.39, 0.29) is 5.56 Å². The van der Waals surface area contributed by atoms with Crippen molar-refractivity contribution < 1.29 is 14.3 Å². The molecular formula is C18H12N2O3S. The maximum Gasteiger partial charge on any atom is 0.335 e. The van der Waals surface area contributed by atoms with E-state index in [9.17, 15) is 4.79 Å². The second-order valence-electron chi connectivity index (χ2n) is 5.19. The van der Waals surface area contributed by atoms with Gasteiger partial charge in [0.1, 0.15) is 11.3 Å². The Kier molecular flexibility index (Phi) is 3.51. The summed E-state index contributed by atoms with van der Waals surface area (Å²) in [5, 5.41) is 15.8. The van der Waals surface area contributed by atoms with Gasteiger partial charge in [-0.2, -0.15) is 0 Å². The number of hydrogen-bond acceptors (Lipinski definition) is 5. The number of anilines is 2. The molecule has 2 aromatic heterocycles. The Morgan fingerprint density at radius 1 is 1.12 bits per heavy atom. The summed E-state index contributed by atoms with van der Waals surface area (Å²) in [6.45, 7) is 0. The van der Waals surface area contributed by atoms with E-state index in [0.717, 1.165) is 28.1 Å². The van der Waals surface area contributed by atoms with Crippen molar-refractivity contribution in [1.82, 2.24) is 4.98 Å². The second kappa shape index (κ2) is 5.82. The van der Waals surface area contributed by atoms with Crippen molar-refractivity contribution in [2.45, 2.75) is 0 Å². The van der Waals surface area contributed by atoms with Gasteiger partial charge in [-0.05, 0) is 36.4 Å². The minimum absolute atomic E-state index is 0.252. The van der Waals surface area contributed by atoms with Crippen LogP contribution in [0.1, 0.15) is 10.4 Å². The van der Waals surface area contributed by atoms with E-state index in [2.05, 4.69) is 10.3 Å². The lowest BCUT2D eigenvalue weighted by atomic mass is 10.2. The number of nitrogens with zero attached hydrogens (tertiary/aromatic N) is 1. The molecule has 0 atom stereocenters. The van der Waals surface area contributed by atoms with Crippen molar-refractivity contribution in [3.63, 3.8) is 0 Å². The average Bonchev–Trinajstić information content (AvgIpc) is 3.21. The predicted molar refractivity (Wildman–Crippen MR) is 94.0 cm³/mol. The number of furan rings is 1. The largest absolute Gasteiger partial charge is 0.478 e. The van der Waals surface area contributed by atoms with E-state index >= 15 is 0 Å². The van der Waals surface area contributed by atoms with Crippen LogP contribution >= 0.6 is 11.3 Å². The highest BCUT2D eigenvalue weighted by Gasteiger charge is 2.10. The third kappa shape index (κ3) is 2.75. The van der Waals surface area contributed by atoms with Gasteiger partial charge in [-0.3, -0.25) is 0 Å². The van der Waals surface area contributed by atoms with Gasteiger partial charge in [0.05, 0.1) is 5.56 Å². The number of fused-ring (bicyclic) bond motifs is 1. The predicted octanol–water partition coefficient (Wildman–Crippen LogP) is 5.00. The third-order valence-corrected chi connectivity index (χ3v) is 4.32. The Bertz CT molecular complexity index is 985. The Labute approximate surface area is 141 Å². The molecule has 2 aromatic carbocycles. The Morgan fingerprint density at radius 2 is 1.92 bits per heavy atom. The van der Waals surface area contributed by atoms with Crippen LogP contribution in [0.5, 0.6) is 0 Å². The molecule has 2 heterocycles. The lowest BCUT2D eigenvalue weighted by molar-refractivity contribution is 0.0697. The summed E-state index contributed by atoms with van der Waals surface area (Å²) in [5.41, 5.74) is 2.63. The fraction of sp³-hybridized carbons (Fsp3) is 0. The number of hydrogen-bond donors (Lipinski definition) is 2. The highest BCUT2D eigenvalue weighted by Crippen LogP contribution is 2.31. The van der Waals surface area contributed by atoms with Gasteiger partial charge >= 0.3 is 5.97 Å². The van der Waals surface area contributed by atoms with Crippen LogP contribution in [0.15, 0.2) is 64.4 Å². The number of rotatable bonds is 4. The molecule has 0 saturated heterocycles. The van der Waals surface area contributed by atoms with E-state index in [1.807, 2.05) is 35.7 Å². The van der Waals surface area contributed by atoms with Gasteiger partial charge in [0.25, 0.3) is 0 Å². The van der Waals surface area contributed by atoms with Gasteiger partial charge in [0, 0.05) is 16.5 Å². The van der Waals surface area contributed by atoms with Crippen molar-refractivity contribution in [3.8, 4) is 11.5 Å². The van der Waals surface area contributed by atoms with E-state index in [1.54, 1.807) is 24.3 Å². The van der Waals surface area contributed by atoms with Gasteiger partial charge < -0.3 is 14.8 Å². The average molecular weight is 336 g/mol. The first-order chi connectivity index (χ1) is 11.7. The normalized spacial score (nSPS) is 10.8. The quantitative estimate of drug-likeness (QED) is 0.548. The maximum atomic E-state index is 10.9. The zero-order valence-corrected chi connectivity index (χ0v) is 13.2. The summed E-state index contributed by atoms with van der Waals surface area (Å²) in [5.74, 6) is -0.218. The molecule has 4 rings (SSSR count). The number of thiazole rings is 1.